The monoisotopic (exact) mass is 326 g/mol. The zero-order chi connectivity index (χ0) is 16.0. The molecule has 0 aromatic heterocycles. The predicted molar refractivity (Wildman–Crippen MR) is 101 cm³/mol. The van der Waals surface area contributed by atoms with Gasteiger partial charge in [0.1, 0.15) is 0 Å². The fourth-order valence-electron chi connectivity index (χ4n) is 5.00. The molecule has 2 fully saturated rings. The first-order valence-electron chi connectivity index (χ1n) is 8.96. The molecule has 2 N–H and O–H groups in total. The van der Waals surface area contributed by atoms with Gasteiger partial charge in [-0.15, -0.1) is 0 Å². The van der Waals surface area contributed by atoms with Crippen molar-refractivity contribution in [1.82, 2.24) is 5.32 Å². The second kappa shape index (κ2) is 5.94. The molecule has 0 unspecified atom stereocenters. The van der Waals surface area contributed by atoms with Crippen LogP contribution < -0.4 is 10.6 Å². The molecule has 0 amide bonds. The first-order valence-corrected chi connectivity index (χ1v) is 9.37. The van der Waals surface area contributed by atoms with Gasteiger partial charge >= 0.3 is 0 Å². The summed E-state index contributed by atoms with van der Waals surface area (Å²) in [7, 11) is 0. The highest BCUT2D eigenvalue weighted by Gasteiger charge is 2.52. The van der Waals surface area contributed by atoms with E-state index in [2.05, 4.69) is 60.9 Å². The number of allylic oxidation sites excluding steroid dienone is 2. The molecule has 4 rings (SSSR count). The van der Waals surface area contributed by atoms with Crippen LogP contribution in [0.5, 0.6) is 0 Å². The SMILES string of the molecule is CC(C)c1ccc(NC(=S)N[C@@H]2C[C@H]3C[C@H]2[C@H]2C=CC[C@@H]32)cc1. The van der Waals surface area contributed by atoms with E-state index in [0.29, 0.717) is 12.0 Å². The van der Waals surface area contributed by atoms with Crippen LogP contribution in [0, 0.1) is 23.7 Å². The van der Waals surface area contributed by atoms with Gasteiger partial charge < -0.3 is 10.6 Å². The number of hydrogen-bond donors (Lipinski definition) is 2. The van der Waals surface area contributed by atoms with Gasteiger partial charge in [0, 0.05) is 11.7 Å². The van der Waals surface area contributed by atoms with Gasteiger partial charge in [0.2, 0.25) is 0 Å². The van der Waals surface area contributed by atoms with Crippen LogP contribution in [0.3, 0.4) is 0 Å². The van der Waals surface area contributed by atoms with E-state index in [1.165, 1.54) is 24.8 Å². The molecule has 2 nitrogen and oxygen atoms in total. The number of nitrogens with one attached hydrogen (secondary N) is 2. The van der Waals surface area contributed by atoms with Crippen LogP contribution >= 0.6 is 12.2 Å². The van der Waals surface area contributed by atoms with E-state index in [1.54, 1.807) is 0 Å². The van der Waals surface area contributed by atoms with Crippen LogP contribution in [-0.2, 0) is 0 Å². The molecular formula is C20H26N2S. The Hall–Kier alpha value is -1.35. The summed E-state index contributed by atoms with van der Waals surface area (Å²) in [5.74, 6) is 4.00. The topological polar surface area (TPSA) is 24.1 Å². The van der Waals surface area contributed by atoms with Crippen molar-refractivity contribution in [2.24, 2.45) is 23.7 Å². The van der Waals surface area contributed by atoms with Crippen LogP contribution in [0.15, 0.2) is 36.4 Å². The van der Waals surface area contributed by atoms with Gasteiger partial charge in [-0.3, -0.25) is 0 Å². The standard InChI is InChI=1S/C20H26N2S/c1-12(2)13-6-8-15(9-7-13)21-20(23)22-19-11-14-10-18(19)17-5-3-4-16(14)17/h3,5-9,12,14,16-19H,4,10-11H2,1-2H3,(H2,21,22,23)/t14-,16+,17+,18+,19-/m1/s1. The van der Waals surface area contributed by atoms with Gasteiger partial charge in [-0.05, 0) is 78.8 Å². The molecule has 1 aromatic carbocycles. The second-order valence-electron chi connectivity index (χ2n) is 7.78. The molecule has 0 heterocycles. The smallest absolute Gasteiger partial charge is 0.171 e. The highest BCUT2D eigenvalue weighted by molar-refractivity contribution is 7.80. The second-order valence-corrected chi connectivity index (χ2v) is 8.19. The summed E-state index contributed by atoms with van der Waals surface area (Å²) in [6, 6.07) is 9.17. The van der Waals surface area contributed by atoms with E-state index in [4.69, 9.17) is 12.2 Å². The fourth-order valence-corrected chi connectivity index (χ4v) is 5.27. The molecule has 3 aliphatic rings. The third kappa shape index (κ3) is 2.80. The number of rotatable bonds is 3. The van der Waals surface area contributed by atoms with Gasteiger partial charge in [-0.1, -0.05) is 38.1 Å². The maximum atomic E-state index is 5.55. The molecule has 3 heteroatoms. The molecule has 2 saturated carbocycles. The minimum atomic E-state index is 0.555. The van der Waals surface area contributed by atoms with Gasteiger partial charge in [0.25, 0.3) is 0 Å². The maximum Gasteiger partial charge on any atom is 0.171 e. The van der Waals surface area contributed by atoms with E-state index in [1.807, 2.05) is 0 Å². The highest BCUT2D eigenvalue weighted by Crippen LogP contribution is 2.56. The lowest BCUT2D eigenvalue weighted by molar-refractivity contribution is 0.246. The zero-order valence-corrected chi connectivity index (χ0v) is 14.8. The molecule has 0 aliphatic heterocycles. The number of hydrogen-bond acceptors (Lipinski definition) is 1. The van der Waals surface area contributed by atoms with Crippen LogP contribution in [0.4, 0.5) is 5.69 Å². The largest absolute Gasteiger partial charge is 0.359 e. The Balaban J connectivity index is 1.35. The van der Waals surface area contributed by atoms with E-state index >= 15 is 0 Å². The number of anilines is 1. The molecule has 0 spiro atoms. The van der Waals surface area contributed by atoms with Crippen molar-refractivity contribution in [3.05, 3.63) is 42.0 Å². The van der Waals surface area contributed by atoms with Crippen molar-refractivity contribution in [3.63, 3.8) is 0 Å². The summed E-state index contributed by atoms with van der Waals surface area (Å²) in [5.41, 5.74) is 2.44. The van der Waals surface area contributed by atoms with Crippen LogP contribution in [0.2, 0.25) is 0 Å². The quantitative estimate of drug-likeness (QED) is 0.622. The van der Waals surface area contributed by atoms with Crippen molar-refractivity contribution < 1.29 is 0 Å². The first kappa shape index (κ1) is 15.2. The third-order valence-corrected chi connectivity index (χ3v) is 6.38. The molecule has 2 bridgehead atoms. The number of benzene rings is 1. The van der Waals surface area contributed by atoms with Crippen molar-refractivity contribution in [2.45, 2.75) is 45.1 Å². The van der Waals surface area contributed by atoms with Gasteiger partial charge in [-0.2, -0.15) is 0 Å². The first-order chi connectivity index (χ1) is 11.1. The predicted octanol–water partition coefficient (Wildman–Crippen LogP) is 4.70. The van der Waals surface area contributed by atoms with E-state index in [-0.39, 0.29) is 0 Å². The Morgan fingerprint density at radius 1 is 1.13 bits per heavy atom. The summed E-state index contributed by atoms with van der Waals surface area (Å²) < 4.78 is 0. The molecule has 1 aromatic rings. The van der Waals surface area contributed by atoms with E-state index < -0.39 is 0 Å². The van der Waals surface area contributed by atoms with E-state index in [0.717, 1.165) is 34.5 Å². The van der Waals surface area contributed by atoms with E-state index in [9.17, 15) is 0 Å². The number of fused-ring (bicyclic) bond motifs is 5. The molecule has 0 radical (unpaired) electrons. The van der Waals surface area contributed by atoms with Gasteiger partial charge in [0.05, 0.1) is 0 Å². The van der Waals surface area contributed by atoms with Crippen LogP contribution in [0.25, 0.3) is 0 Å². The van der Waals surface area contributed by atoms with Crippen molar-refractivity contribution in [1.29, 1.82) is 0 Å². The summed E-state index contributed by atoms with van der Waals surface area (Å²) in [6.07, 6.45) is 8.85. The Morgan fingerprint density at radius 3 is 2.65 bits per heavy atom. The number of thiocarbonyl (C=S) groups is 1. The Morgan fingerprint density at radius 2 is 1.91 bits per heavy atom. The summed E-state index contributed by atoms with van der Waals surface area (Å²) >= 11 is 5.55. The molecule has 5 atom stereocenters. The Labute approximate surface area is 144 Å². The lowest BCUT2D eigenvalue weighted by Crippen LogP contribution is -2.44. The summed E-state index contributed by atoms with van der Waals surface area (Å²) in [6.45, 7) is 4.43. The van der Waals surface area contributed by atoms with Gasteiger partial charge in [-0.25, -0.2) is 0 Å². The molecular weight excluding hydrogens is 300 g/mol. The van der Waals surface area contributed by atoms with Crippen LogP contribution in [0.1, 0.15) is 44.6 Å². The Bertz CT molecular complexity index is 619. The molecule has 3 aliphatic carbocycles. The maximum absolute atomic E-state index is 5.55. The summed E-state index contributed by atoms with van der Waals surface area (Å²) in [4.78, 5) is 0. The molecule has 122 valence electrons. The molecule has 0 saturated heterocycles. The highest BCUT2D eigenvalue weighted by atomic mass is 32.1. The lowest BCUT2D eigenvalue weighted by Gasteiger charge is -2.32. The van der Waals surface area contributed by atoms with Crippen molar-refractivity contribution in [3.8, 4) is 0 Å². The van der Waals surface area contributed by atoms with Crippen LogP contribution in [-0.4, -0.2) is 11.2 Å². The van der Waals surface area contributed by atoms with Gasteiger partial charge in [0.15, 0.2) is 5.11 Å². The minimum absolute atomic E-state index is 0.555. The third-order valence-electron chi connectivity index (χ3n) is 6.16. The Kier molecular flexibility index (Phi) is 3.92. The van der Waals surface area contributed by atoms with Crippen molar-refractivity contribution in [2.75, 3.05) is 5.32 Å². The fraction of sp³-hybridized carbons (Fsp3) is 0.550. The average molecular weight is 327 g/mol. The normalized spacial score (nSPS) is 34.0. The molecule has 23 heavy (non-hydrogen) atoms. The average Bonchev–Trinajstić information content (AvgIpc) is 3.19. The lowest BCUT2D eigenvalue weighted by atomic mass is 9.79. The minimum Gasteiger partial charge on any atom is -0.359 e. The summed E-state index contributed by atoms with van der Waals surface area (Å²) in [5, 5.41) is 7.73. The zero-order valence-electron chi connectivity index (χ0n) is 14.0. The van der Waals surface area contributed by atoms with Crippen molar-refractivity contribution >= 4 is 23.0 Å².